The van der Waals surface area contributed by atoms with Crippen LogP contribution in [0.3, 0.4) is 0 Å². The molecule has 1 fully saturated rings. The molecule has 8 heteroatoms. The van der Waals surface area contributed by atoms with Crippen molar-refractivity contribution in [2.45, 2.75) is 38.6 Å². The topological polar surface area (TPSA) is 46.9 Å². The Morgan fingerprint density at radius 1 is 1.29 bits per heavy atom. The fourth-order valence-corrected chi connectivity index (χ4v) is 7.52. The molecule has 1 amide bonds. The van der Waals surface area contributed by atoms with Crippen LogP contribution < -0.4 is 5.32 Å². The average Bonchev–Trinajstić information content (AvgIpc) is 3.36. The molecule has 0 bridgehead atoms. The number of rotatable bonds is 4. The molecule has 2 heterocycles. The van der Waals surface area contributed by atoms with E-state index in [2.05, 4.69) is 33.4 Å². The summed E-state index contributed by atoms with van der Waals surface area (Å²) in [4.78, 5) is 13.0. The zero-order valence-corrected chi connectivity index (χ0v) is 20.4. The van der Waals surface area contributed by atoms with E-state index in [4.69, 9.17) is 28.3 Å². The van der Waals surface area contributed by atoms with Gasteiger partial charge in [0.2, 0.25) is 0 Å². The molecule has 1 aliphatic carbocycles. The molecule has 0 atom stereocenters. The quantitative estimate of drug-likeness (QED) is 0.552. The van der Waals surface area contributed by atoms with E-state index in [-0.39, 0.29) is 11.9 Å². The van der Waals surface area contributed by atoms with E-state index in [1.54, 1.807) is 16.8 Å². The molecule has 1 saturated carbocycles. The summed E-state index contributed by atoms with van der Waals surface area (Å²) in [6, 6.07) is 5.58. The third kappa shape index (κ3) is 3.99. The number of hydrogen-bond donors (Lipinski definition) is 1. The van der Waals surface area contributed by atoms with Crippen molar-refractivity contribution in [2.75, 3.05) is 0 Å². The summed E-state index contributed by atoms with van der Waals surface area (Å²) in [6.45, 7) is 1.96. The van der Waals surface area contributed by atoms with Crippen molar-refractivity contribution in [3.05, 3.63) is 60.7 Å². The number of carbonyl (C=O) groups excluding carboxylic acids is 1. The van der Waals surface area contributed by atoms with Gasteiger partial charge in [0.05, 0.1) is 0 Å². The first-order valence-electron chi connectivity index (χ1n) is 9.15. The van der Waals surface area contributed by atoms with Crippen LogP contribution in [0.15, 0.2) is 33.7 Å². The Labute approximate surface area is 188 Å². The molecular weight excluding hydrogens is 528 g/mol. The fraction of sp³-hybridized carbons (Fsp3) is 0.300. The van der Waals surface area contributed by atoms with Gasteiger partial charge in [0.15, 0.2) is 0 Å². The van der Waals surface area contributed by atoms with Crippen LogP contribution in [0.1, 0.15) is 47.4 Å². The van der Waals surface area contributed by atoms with Crippen LogP contribution in [0.25, 0.3) is 10.2 Å². The number of hydrogen-bond acceptors (Lipinski definition) is 2. The molecule has 148 valence electrons. The van der Waals surface area contributed by atoms with Crippen LogP contribution in [-0.4, -0.2) is 36.7 Å². The molecule has 0 radical (unpaired) electrons. The molecule has 4 nitrogen and oxygen atoms in total. The van der Waals surface area contributed by atoms with Gasteiger partial charge in [-0.15, -0.1) is 0 Å². The van der Waals surface area contributed by atoms with Crippen molar-refractivity contribution < 1.29 is 4.79 Å². The average molecular weight is 548 g/mol. The van der Waals surface area contributed by atoms with E-state index in [1.165, 1.54) is 20.7 Å². The summed E-state index contributed by atoms with van der Waals surface area (Å²) in [5.41, 5.74) is 3.02. The van der Waals surface area contributed by atoms with Gasteiger partial charge in [-0.25, -0.2) is 0 Å². The third-order valence-corrected chi connectivity index (χ3v) is 9.17. The van der Waals surface area contributed by atoms with Crippen molar-refractivity contribution in [3.8, 4) is 5.69 Å². The maximum absolute atomic E-state index is 13.0. The number of halogens is 3. The van der Waals surface area contributed by atoms with E-state index in [1.807, 2.05) is 13.0 Å². The van der Waals surface area contributed by atoms with Crippen molar-refractivity contribution in [1.82, 2.24) is 15.1 Å². The van der Waals surface area contributed by atoms with E-state index in [0.717, 1.165) is 29.8 Å². The molecule has 0 saturated heterocycles. The summed E-state index contributed by atoms with van der Waals surface area (Å²) in [5, 5.41) is 8.92. The molecule has 1 aliphatic heterocycles. The number of amides is 1. The van der Waals surface area contributed by atoms with Gasteiger partial charge in [-0.2, -0.15) is 0 Å². The van der Waals surface area contributed by atoms with E-state index in [0.29, 0.717) is 15.7 Å². The van der Waals surface area contributed by atoms with Gasteiger partial charge in [0.1, 0.15) is 0 Å². The van der Waals surface area contributed by atoms with Gasteiger partial charge >= 0.3 is 189 Å². The summed E-state index contributed by atoms with van der Waals surface area (Å²) >= 11 is 15.7. The molecule has 1 N–H and O–H groups in total. The number of aromatic nitrogens is 2. The summed E-state index contributed by atoms with van der Waals surface area (Å²) in [6.07, 6.45) is 8.59. The number of allylic oxidation sites excluding steroid dienone is 2. The predicted molar refractivity (Wildman–Crippen MR) is 122 cm³/mol. The maximum atomic E-state index is 13.0. The Hall–Kier alpha value is -1.04. The Kier molecular flexibility index (Phi) is 6.05. The van der Waals surface area contributed by atoms with Gasteiger partial charge < -0.3 is 0 Å². The molecule has 0 spiro atoms. The molecule has 2 aromatic rings. The summed E-state index contributed by atoms with van der Waals surface area (Å²) in [7, 11) is 0. The SMILES string of the molecule is Cc1c(C(=O)NC2CCCC2)nn(-c2ccc(Cl)cc2Cl)c1C1=CC=C(Br)[SeH2]1. The van der Waals surface area contributed by atoms with Gasteiger partial charge in [0.25, 0.3) is 0 Å². The number of benzene rings is 1. The zero-order chi connectivity index (χ0) is 19.8. The van der Waals surface area contributed by atoms with Crippen molar-refractivity contribution in [3.63, 3.8) is 0 Å². The standard InChI is InChI=1S/C20H20BrCl2N3OSe/c1-11-18(20(27)24-13-4-2-3-5-13)25-26(15-7-6-12(22)10-14(15)23)19(11)16-8-9-17(21)28-16/h6-10,13H,2-5,28H2,1H3,(H,24,27). The van der Waals surface area contributed by atoms with Crippen LogP contribution in [-0.2, 0) is 0 Å². The molecule has 4 rings (SSSR count). The molecule has 0 unspecified atom stereocenters. The monoisotopic (exact) mass is 547 g/mol. The molecule has 1 aromatic carbocycles. The minimum absolute atomic E-state index is 0.111. The number of nitrogens with one attached hydrogen (secondary N) is 1. The molecule has 28 heavy (non-hydrogen) atoms. The minimum atomic E-state index is -0.500. The van der Waals surface area contributed by atoms with Crippen LogP contribution in [0, 0.1) is 6.92 Å². The van der Waals surface area contributed by atoms with Gasteiger partial charge in [0, 0.05) is 0 Å². The summed E-state index contributed by atoms with van der Waals surface area (Å²) in [5.74, 6) is -0.111. The second-order valence-electron chi connectivity index (χ2n) is 7.00. The van der Waals surface area contributed by atoms with Gasteiger partial charge in [-0.1, -0.05) is 0 Å². The van der Waals surface area contributed by atoms with Gasteiger partial charge in [-0.3, -0.25) is 0 Å². The molecule has 1 aromatic heterocycles. The van der Waals surface area contributed by atoms with Gasteiger partial charge in [-0.05, 0) is 0 Å². The molecule has 2 aliphatic rings. The van der Waals surface area contributed by atoms with E-state index < -0.39 is 15.0 Å². The van der Waals surface area contributed by atoms with E-state index in [9.17, 15) is 4.79 Å². The Balaban J connectivity index is 1.78. The first kappa shape index (κ1) is 20.2. The number of nitrogens with zero attached hydrogens (tertiary/aromatic N) is 2. The number of carbonyl (C=O) groups is 1. The Morgan fingerprint density at radius 2 is 2.04 bits per heavy atom. The Morgan fingerprint density at radius 3 is 2.68 bits per heavy atom. The van der Waals surface area contributed by atoms with E-state index >= 15 is 0 Å². The van der Waals surface area contributed by atoms with Crippen LogP contribution in [0.2, 0.25) is 10.0 Å². The van der Waals surface area contributed by atoms with Crippen molar-refractivity contribution >= 4 is 64.5 Å². The normalized spacial score (nSPS) is 18.4. The fourth-order valence-electron chi connectivity index (χ4n) is 3.69. The first-order chi connectivity index (χ1) is 13.4. The van der Waals surface area contributed by atoms with Crippen LogP contribution in [0.4, 0.5) is 0 Å². The molecular formula is C20H20BrCl2N3OSe. The van der Waals surface area contributed by atoms with Crippen molar-refractivity contribution in [2.24, 2.45) is 0 Å². The third-order valence-electron chi connectivity index (χ3n) is 5.07. The zero-order valence-electron chi connectivity index (χ0n) is 15.2. The Bertz CT molecular complexity index is 1010. The first-order valence-corrected chi connectivity index (χ1v) is 12.8. The second kappa shape index (κ2) is 8.37. The van der Waals surface area contributed by atoms with Crippen LogP contribution in [0.5, 0.6) is 0 Å². The predicted octanol–water partition coefficient (Wildman–Crippen LogP) is 4.92. The van der Waals surface area contributed by atoms with Crippen LogP contribution >= 0.6 is 39.1 Å². The second-order valence-corrected chi connectivity index (χ2v) is 13.0. The van der Waals surface area contributed by atoms with Crippen molar-refractivity contribution in [1.29, 1.82) is 0 Å². The summed E-state index contributed by atoms with van der Waals surface area (Å²) < 4.78 is 4.23.